The second-order valence-corrected chi connectivity index (χ2v) is 5.72. The van der Waals surface area contributed by atoms with Crippen molar-refractivity contribution >= 4 is 17.3 Å². The minimum atomic E-state index is 0.641. The highest BCUT2D eigenvalue weighted by Gasteiger charge is 2.22. The van der Waals surface area contributed by atoms with E-state index in [1.165, 1.54) is 0 Å². The Bertz CT molecular complexity index is 1040. The molecular weight excluding hydrogens is 316 g/mol. The summed E-state index contributed by atoms with van der Waals surface area (Å²) in [5, 5.41) is 1.94. The number of hydrogen-bond acceptors (Lipinski definition) is 7. The topological polar surface area (TPSA) is 83.3 Å². The minimum Gasteiger partial charge on any atom is -0.307 e. The van der Waals surface area contributed by atoms with Gasteiger partial charge >= 0.3 is 0 Å². The molecule has 0 amide bonds. The van der Waals surface area contributed by atoms with Gasteiger partial charge in [-0.3, -0.25) is 15.4 Å². The van der Waals surface area contributed by atoms with E-state index in [1.807, 2.05) is 33.8 Å². The lowest BCUT2D eigenvalue weighted by Gasteiger charge is -2.17. The molecule has 0 aliphatic carbocycles. The van der Waals surface area contributed by atoms with Gasteiger partial charge < -0.3 is 4.40 Å². The van der Waals surface area contributed by atoms with Crippen molar-refractivity contribution in [1.29, 1.82) is 0 Å². The molecule has 0 aromatic carbocycles. The lowest BCUT2D eigenvalue weighted by molar-refractivity contribution is 0.715. The molecule has 8 nitrogen and oxygen atoms in total. The normalized spacial score (nSPS) is 13.0. The van der Waals surface area contributed by atoms with Crippen LogP contribution >= 0.6 is 0 Å². The second-order valence-electron chi connectivity index (χ2n) is 5.72. The van der Waals surface area contributed by atoms with Crippen molar-refractivity contribution in [2.24, 2.45) is 0 Å². The van der Waals surface area contributed by atoms with Gasteiger partial charge in [0.1, 0.15) is 5.65 Å². The maximum Gasteiger partial charge on any atom is 0.190 e. The summed E-state index contributed by atoms with van der Waals surface area (Å²) in [4.78, 5) is 17.5. The van der Waals surface area contributed by atoms with Gasteiger partial charge in [0.25, 0.3) is 0 Å². The molecule has 0 atom stereocenters. The molecule has 5 heterocycles. The van der Waals surface area contributed by atoms with Crippen molar-refractivity contribution in [2.45, 2.75) is 6.54 Å². The fourth-order valence-electron chi connectivity index (χ4n) is 2.85. The van der Waals surface area contributed by atoms with E-state index in [1.54, 1.807) is 24.8 Å². The standard InChI is InChI=1S/C17H14N8/c1-2-15-19-7-8-24(15)10-12(1)11-25-17-16(22-23-25)20-9-14(21-17)13-3-5-18-6-4-13/h1-10,23H,11H2,(H,20,22). The van der Waals surface area contributed by atoms with E-state index in [9.17, 15) is 0 Å². The average Bonchev–Trinajstić information content (AvgIpc) is 3.29. The Morgan fingerprint density at radius 1 is 1.00 bits per heavy atom. The van der Waals surface area contributed by atoms with Crippen molar-refractivity contribution < 1.29 is 0 Å². The summed E-state index contributed by atoms with van der Waals surface area (Å²) in [6, 6.07) is 7.90. The molecule has 1 aliphatic rings. The van der Waals surface area contributed by atoms with E-state index < -0.39 is 0 Å². The molecule has 8 heteroatoms. The number of anilines is 2. The monoisotopic (exact) mass is 330 g/mol. The van der Waals surface area contributed by atoms with Crippen molar-refractivity contribution in [3.05, 3.63) is 67.0 Å². The van der Waals surface area contributed by atoms with Gasteiger partial charge in [-0.05, 0) is 23.8 Å². The first kappa shape index (κ1) is 13.9. The first-order valence-corrected chi connectivity index (χ1v) is 7.85. The van der Waals surface area contributed by atoms with E-state index in [2.05, 4.69) is 38.2 Å². The lowest BCUT2D eigenvalue weighted by Crippen LogP contribution is -2.35. The number of hydrogen-bond donors (Lipinski definition) is 2. The van der Waals surface area contributed by atoms with Gasteiger partial charge in [0.2, 0.25) is 0 Å². The minimum absolute atomic E-state index is 0.641. The van der Waals surface area contributed by atoms with Gasteiger partial charge in [0.15, 0.2) is 11.6 Å². The summed E-state index contributed by atoms with van der Waals surface area (Å²) in [6.07, 6.45) is 11.0. The van der Waals surface area contributed by atoms with Gasteiger partial charge in [-0.2, -0.15) is 0 Å². The quantitative estimate of drug-likeness (QED) is 0.595. The maximum absolute atomic E-state index is 4.74. The predicted octanol–water partition coefficient (Wildman–Crippen LogP) is 2.04. The zero-order valence-corrected chi connectivity index (χ0v) is 13.2. The van der Waals surface area contributed by atoms with Crippen molar-refractivity contribution in [3.8, 4) is 11.3 Å². The van der Waals surface area contributed by atoms with Crippen LogP contribution in [0.3, 0.4) is 0 Å². The van der Waals surface area contributed by atoms with E-state index in [0.717, 1.165) is 28.3 Å². The molecule has 122 valence electrons. The molecule has 1 aliphatic heterocycles. The van der Waals surface area contributed by atoms with Crippen LogP contribution in [0.5, 0.6) is 0 Å². The van der Waals surface area contributed by atoms with Crippen molar-refractivity contribution in [2.75, 3.05) is 10.4 Å². The van der Waals surface area contributed by atoms with Crippen LogP contribution in [-0.2, 0) is 6.54 Å². The molecule has 2 N–H and O–H groups in total. The number of nitrogens with one attached hydrogen (secondary N) is 2. The third-order valence-electron chi connectivity index (χ3n) is 4.09. The van der Waals surface area contributed by atoms with Crippen LogP contribution in [-0.4, -0.2) is 24.3 Å². The fourth-order valence-corrected chi connectivity index (χ4v) is 2.85. The third-order valence-corrected chi connectivity index (χ3v) is 4.09. The van der Waals surface area contributed by atoms with Crippen LogP contribution < -0.4 is 16.0 Å². The number of imidazole rings is 1. The van der Waals surface area contributed by atoms with Gasteiger partial charge in [-0.1, -0.05) is 6.07 Å². The molecule has 0 radical (unpaired) electrons. The van der Waals surface area contributed by atoms with Crippen LogP contribution in [0.15, 0.2) is 61.4 Å². The summed E-state index contributed by atoms with van der Waals surface area (Å²) in [6.45, 7) is 0.641. The Labute approximate surface area is 143 Å². The Hall–Kier alpha value is -3.52. The molecule has 4 aromatic heterocycles. The summed E-state index contributed by atoms with van der Waals surface area (Å²) in [7, 11) is 0. The number of rotatable bonds is 3. The van der Waals surface area contributed by atoms with E-state index in [0.29, 0.717) is 12.4 Å². The number of pyridine rings is 2. The molecule has 0 unspecified atom stereocenters. The number of aromatic nitrogens is 5. The number of fused-ring (bicyclic) bond motifs is 2. The molecular formula is C17H14N8. The van der Waals surface area contributed by atoms with E-state index >= 15 is 0 Å². The second kappa shape index (κ2) is 5.53. The average molecular weight is 330 g/mol. The highest BCUT2D eigenvalue weighted by atomic mass is 15.7. The van der Waals surface area contributed by atoms with Crippen LogP contribution in [0.25, 0.3) is 16.9 Å². The van der Waals surface area contributed by atoms with Crippen LogP contribution in [0.4, 0.5) is 11.6 Å². The molecule has 4 aromatic rings. The van der Waals surface area contributed by atoms with Crippen molar-refractivity contribution in [1.82, 2.24) is 29.9 Å². The number of hydrazine groups is 2. The van der Waals surface area contributed by atoms with Crippen LogP contribution in [0.1, 0.15) is 5.56 Å². The summed E-state index contributed by atoms with van der Waals surface area (Å²) < 4.78 is 2.00. The Morgan fingerprint density at radius 2 is 1.92 bits per heavy atom. The first-order valence-electron chi connectivity index (χ1n) is 7.85. The Morgan fingerprint density at radius 3 is 2.84 bits per heavy atom. The van der Waals surface area contributed by atoms with Crippen molar-refractivity contribution in [3.63, 3.8) is 0 Å². The largest absolute Gasteiger partial charge is 0.307 e. The molecule has 0 fully saturated rings. The SMILES string of the molecule is c1cc(-c2cnc3c(n2)N(Cc2ccc4nccn4c2)NN3)ccn1. The van der Waals surface area contributed by atoms with Gasteiger partial charge in [-0.15, -0.1) is 5.53 Å². The van der Waals surface area contributed by atoms with E-state index in [-0.39, 0.29) is 0 Å². The molecule has 0 saturated heterocycles. The van der Waals surface area contributed by atoms with Crippen LogP contribution in [0, 0.1) is 0 Å². The summed E-state index contributed by atoms with van der Waals surface area (Å²) in [5.41, 5.74) is 10.0. The molecule has 0 bridgehead atoms. The van der Waals surface area contributed by atoms with Gasteiger partial charge in [0.05, 0.1) is 18.4 Å². The molecule has 5 rings (SSSR count). The number of nitrogens with zero attached hydrogens (tertiary/aromatic N) is 6. The molecule has 25 heavy (non-hydrogen) atoms. The smallest absolute Gasteiger partial charge is 0.190 e. The third kappa shape index (κ3) is 2.45. The van der Waals surface area contributed by atoms with E-state index in [4.69, 9.17) is 4.98 Å². The lowest BCUT2D eigenvalue weighted by atomic mass is 10.2. The van der Waals surface area contributed by atoms with Gasteiger partial charge in [0, 0.05) is 36.5 Å². The fraction of sp³-hybridized carbons (Fsp3) is 0.0588. The highest BCUT2D eigenvalue weighted by Crippen LogP contribution is 2.28. The Kier molecular flexibility index (Phi) is 3.07. The van der Waals surface area contributed by atoms with Gasteiger partial charge in [-0.25, -0.2) is 15.0 Å². The Balaban J connectivity index is 1.47. The highest BCUT2D eigenvalue weighted by molar-refractivity contribution is 5.69. The molecule has 0 saturated carbocycles. The van der Waals surface area contributed by atoms with Crippen LogP contribution in [0.2, 0.25) is 0 Å². The molecule has 0 spiro atoms. The zero-order chi connectivity index (χ0) is 16.6. The maximum atomic E-state index is 4.74. The predicted molar refractivity (Wildman–Crippen MR) is 93.4 cm³/mol. The zero-order valence-electron chi connectivity index (χ0n) is 13.2. The summed E-state index contributed by atoms with van der Waals surface area (Å²) in [5.74, 6) is 1.47. The first-order chi connectivity index (χ1) is 12.4. The summed E-state index contributed by atoms with van der Waals surface area (Å²) >= 11 is 0.